The fourth-order valence-corrected chi connectivity index (χ4v) is 2.74. The van der Waals surface area contributed by atoms with Crippen molar-refractivity contribution in [2.45, 2.75) is 6.42 Å². The molecule has 2 heterocycles. The summed E-state index contributed by atoms with van der Waals surface area (Å²) in [5, 5.41) is 9.19. The van der Waals surface area contributed by atoms with Crippen LogP contribution in [-0.4, -0.2) is 21.2 Å². The van der Waals surface area contributed by atoms with Crippen molar-refractivity contribution in [3.05, 3.63) is 90.3 Å². The molecule has 29 heavy (non-hydrogen) atoms. The molecule has 0 aliphatic carbocycles. The summed E-state index contributed by atoms with van der Waals surface area (Å²) >= 11 is 0. The molecule has 0 bridgehead atoms. The number of nitrogens with zero attached hydrogens (tertiary/aromatic N) is 3. The van der Waals surface area contributed by atoms with E-state index in [2.05, 4.69) is 25.8 Å². The molecule has 4 aromatic rings. The van der Waals surface area contributed by atoms with E-state index in [0.717, 1.165) is 11.1 Å². The smallest absolute Gasteiger partial charge is 0.323 e. The van der Waals surface area contributed by atoms with E-state index in [-0.39, 0.29) is 5.69 Å². The minimum Gasteiger partial charge on any atom is -0.339 e. The Kier molecular flexibility index (Phi) is 5.24. The van der Waals surface area contributed by atoms with Crippen LogP contribution in [0.25, 0.3) is 11.4 Å². The number of amides is 2. The molecule has 0 atom stereocenters. The summed E-state index contributed by atoms with van der Waals surface area (Å²) in [6, 6.07) is 16.2. The molecule has 2 amide bonds. The molecular formula is C21H16FN5O2. The first-order valence-electron chi connectivity index (χ1n) is 8.82. The van der Waals surface area contributed by atoms with Crippen LogP contribution in [0.5, 0.6) is 0 Å². The lowest BCUT2D eigenvalue weighted by molar-refractivity contribution is 0.262. The Bertz CT molecular complexity index is 1130. The van der Waals surface area contributed by atoms with Gasteiger partial charge in [-0.25, -0.2) is 9.18 Å². The Labute approximate surface area is 165 Å². The Morgan fingerprint density at radius 3 is 2.52 bits per heavy atom. The second-order valence-corrected chi connectivity index (χ2v) is 6.15. The number of benzene rings is 2. The first-order chi connectivity index (χ1) is 14.2. The van der Waals surface area contributed by atoms with Gasteiger partial charge in [0, 0.05) is 23.6 Å². The van der Waals surface area contributed by atoms with Crippen LogP contribution in [0.2, 0.25) is 0 Å². The zero-order chi connectivity index (χ0) is 20.1. The van der Waals surface area contributed by atoms with Gasteiger partial charge >= 0.3 is 6.03 Å². The van der Waals surface area contributed by atoms with Crippen molar-refractivity contribution in [2.75, 3.05) is 10.6 Å². The van der Waals surface area contributed by atoms with E-state index in [1.165, 1.54) is 12.1 Å². The molecule has 0 radical (unpaired) electrons. The SMILES string of the molecule is O=C(Nc1ccccc1F)Nc1ccccc1Cc1nc(-c2cccnc2)no1. The quantitative estimate of drug-likeness (QED) is 0.524. The molecule has 0 unspecified atom stereocenters. The van der Waals surface area contributed by atoms with Crippen LogP contribution in [0.15, 0.2) is 77.6 Å². The Morgan fingerprint density at radius 1 is 0.966 bits per heavy atom. The van der Waals surface area contributed by atoms with Crippen LogP contribution in [0.3, 0.4) is 0 Å². The minimum atomic E-state index is -0.552. The first-order valence-corrected chi connectivity index (χ1v) is 8.82. The molecule has 2 aromatic carbocycles. The summed E-state index contributed by atoms with van der Waals surface area (Å²) in [5.74, 6) is 0.327. The summed E-state index contributed by atoms with van der Waals surface area (Å²) in [6.07, 6.45) is 3.64. The van der Waals surface area contributed by atoms with Gasteiger partial charge in [0.05, 0.1) is 12.1 Å². The van der Waals surface area contributed by atoms with Crippen LogP contribution in [-0.2, 0) is 6.42 Å². The van der Waals surface area contributed by atoms with E-state index in [1.807, 2.05) is 18.2 Å². The topological polar surface area (TPSA) is 92.9 Å². The number of carbonyl (C=O) groups excluding carboxylic acids is 1. The number of carbonyl (C=O) groups is 1. The van der Waals surface area contributed by atoms with Crippen molar-refractivity contribution in [1.29, 1.82) is 0 Å². The predicted molar refractivity (Wildman–Crippen MR) is 106 cm³/mol. The summed E-state index contributed by atoms with van der Waals surface area (Å²) < 4.78 is 19.1. The second kappa shape index (κ2) is 8.30. The first kappa shape index (κ1) is 18.3. The lowest BCUT2D eigenvalue weighted by Crippen LogP contribution is -2.21. The lowest BCUT2D eigenvalue weighted by atomic mass is 10.1. The van der Waals surface area contributed by atoms with E-state index in [4.69, 9.17) is 4.52 Å². The number of hydrogen-bond acceptors (Lipinski definition) is 5. The molecular weight excluding hydrogens is 373 g/mol. The Morgan fingerprint density at radius 2 is 1.72 bits per heavy atom. The third-order valence-corrected chi connectivity index (χ3v) is 4.12. The molecule has 0 saturated heterocycles. The number of hydrogen-bond donors (Lipinski definition) is 2. The number of rotatable bonds is 5. The minimum absolute atomic E-state index is 0.0977. The van der Waals surface area contributed by atoms with Crippen molar-refractivity contribution >= 4 is 17.4 Å². The number of anilines is 2. The van der Waals surface area contributed by atoms with Gasteiger partial charge in [0.2, 0.25) is 11.7 Å². The maximum Gasteiger partial charge on any atom is 0.323 e. The van der Waals surface area contributed by atoms with Crippen LogP contribution >= 0.6 is 0 Å². The number of para-hydroxylation sites is 2. The van der Waals surface area contributed by atoms with Gasteiger partial charge < -0.3 is 15.2 Å². The third-order valence-electron chi connectivity index (χ3n) is 4.12. The van der Waals surface area contributed by atoms with Gasteiger partial charge in [-0.15, -0.1) is 0 Å². The van der Waals surface area contributed by atoms with Crippen LogP contribution in [0.4, 0.5) is 20.6 Å². The normalized spacial score (nSPS) is 10.5. The van der Waals surface area contributed by atoms with Gasteiger partial charge in [0.25, 0.3) is 0 Å². The van der Waals surface area contributed by atoms with Gasteiger partial charge in [0.1, 0.15) is 5.82 Å². The average molecular weight is 389 g/mol. The molecule has 0 aliphatic rings. The summed E-state index contributed by atoms with van der Waals surface area (Å²) in [4.78, 5) is 20.7. The zero-order valence-corrected chi connectivity index (χ0v) is 15.2. The highest BCUT2D eigenvalue weighted by atomic mass is 19.1. The highest BCUT2D eigenvalue weighted by molar-refractivity contribution is 6.00. The molecule has 8 heteroatoms. The number of urea groups is 1. The summed E-state index contributed by atoms with van der Waals surface area (Å²) in [6.45, 7) is 0. The van der Waals surface area contributed by atoms with Crippen molar-refractivity contribution in [2.24, 2.45) is 0 Å². The van der Waals surface area contributed by atoms with E-state index in [9.17, 15) is 9.18 Å². The maximum atomic E-state index is 13.7. The molecule has 0 fully saturated rings. The highest BCUT2D eigenvalue weighted by Crippen LogP contribution is 2.21. The number of aromatic nitrogens is 3. The van der Waals surface area contributed by atoms with Crippen LogP contribution < -0.4 is 10.6 Å². The van der Waals surface area contributed by atoms with Crippen LogP contribution in [0.1, 0.15) is 11.5 Å². The molecule has 0 saturated carbocycles. The Hall–Kier alpha value is -4.07. The molecule has 7 nitrogen and oxygen atoms in total. The Balaban J connectivity index is 1.48. The second-order valence-electron chi connectivity index (χ2n) is 6.15. The average Bonchev–Trinajstić information content (AvgIpc) is 3.20. The number of nitrogens with one attached hydrogen (secondary N) is 2. The van der Waals surface area contributed by atoms with Crippen molar-refractivity contribution in [3.8, 4) is 11.4 Å². The van der Waals surface area contributed by atoms with E-state index >= 15 is 0 Å². The van der Waals surface area contributed by atoms with Gasteiger partial charge in [-0.05, 0) is 35.9 Å². The third kappa shape index (κ3) is 4.44. The maximum absolute atomic E-state index is 13.7. The van der Waals surface area contributed by atoms with E-state index < -0.39 is 11.8 Å². The summed E-state index contributed by atoms with van der Waals surface area (Å²) in [7, 11) is 0. The molecule has 4 rings (SSSR count). The number of pyridine rings is 1. The zero-order valence-electron chi connectivity index (χ0n) is 15.2. The monoisotopic (exact) mass is 389 g/mol. The molecule has 0 spiro atoms. The fraction of sp³-hybridized carbons (Fsp3) is 0.0476. The largest absolute Gasteiger partial charge is 0.339 e. The van der Waals surface area contributed by atoms with Gasteiger partial charge in [-0.3, -0.25) is 4.98 Å². The van der Waals surface area contributed by atoms with Crippen LogP contribution in [0, 0.1) is 5.82 Å². The van der Waals surface area contributed by atoms with Crippen molar-refractivity contribution < 1.29 is 13.7 Å². The fourth-order valence-electron chi connectivity index (χ4n) is 2.74. The van der Waals surface area contributed by atoms with Gasteiger partial charge in [0.15, 0.2) is 0 Å². The number of halogens is 1. The van der Waals surface area contributed by atoms with E-state index in [0.29, 0.717) is 23.8 Å². The van der Waals surface area contributed by atoms with Crippen molar-refractivity contribution in [3.63, 3.8) is 0 Å². The highest BCUT2D eigenvalue weighted by Gasteiger charge is 2.13. The standard InChI is InChI=1S/C21H16FN5O2/c22-16-8-2-4-10-18(16)25-21(28)24-17-9-3-1-6-14(17)12-19-26-20(27-29-19)15-7-5-11-23-13-15/h1-11,13H,12H2,(H2,24,25,28). The van der Waals surface area contributed by atoms with E-state index in [1.54, 1.807) is 42.7 Å². The molecule has 0 aliphatic heterocycles. The molecule has 144 valence electrons. The molecule has 2 N–H and O–H groups in total. The van der Waals surface area contributed by atoms with Crippen molar-refractivity contribution in [1.82, 2.24) is 15.1 Å². The predicted octanol–water partition coefficient (Wildman–Crippen LogP) is 4.51. The lowest BCUT2D eigenvalue weighted by Gasteiger charge is -2.11. The van der Waals surface area contributed by atoms with Gasteiger partial charge in [-0.2, -0.15) is 4.98 Å². The molecule has 2 aromatic heterocycles. The summed E-state index contributed by atoms with van der Waals surface area (Å²) in [5.41, 5.74) is 2.18. The van der Waals surface area contributed by atoms with Gasteiger partial charge in [-0.1, -0.05) is 35.5 Å².